The lowest BCUT2D eigenvalue weighted by Crippen LogP contribution is -2.40. The number of piperidine rings is 1. The maximum absolute atomic E-state index is 12.7. The minimum absolute atomic E-state index is 0. The van der Waals surface area contributed by atoms with Gasteiger partial charge in [-0.05, 0) is 49.4 Å². The van der Waals surface area contributed by atoms with Crippen molar-refractivity contribution < 1.29 is 13.2 Å². The van der Waals surface area contributed by atoms with Gasteiger partial charge in [0.05, 0.1) is 4.90 Å². The average molecular weight is 360 g/mol. The summed E-state index contributed by atoms with van der Waals surface area (Å²) in [4.78, 5) is 12.1. The van der Waals surface area contributed by atoms with E-state index >= 15 is 0 Å². The second-order valence-corrected chi connectivity index (χ2v) is 7.85. The van der Waals surface area contributed by atoms with Crippen molar-refractivity contribution in [1.29, 1.82) is 0 Å². The standard InChI is InChI=1S/C15H21N3O3S.ClH/c16-10-11-4-7-18(8-5-11)22(20,21)13-2-1-12-3-6-17-15(19)14(12)9-13;/h1-2,9,11H,3-8,10,16H2,(H,17,19);1H. The van der Waals surface area contributed by atoms with Gasteiger partial charge in [-0.1, -0.05) is 6.07 Å². The van der Waals surface area contributed by atoms with Crippen molar-refractivity contribution in [2.75, 3.05) is 26.2 Å². The van der Waals surface area contributed by atoms with E-state index in [2.05, 4.69) is 5.32 Å². The molecule has 0 aliphatic carbocycles. The highest BCUT2D eigenvalue weighted by atomic mass is 35.5. The molecule has 0 bridgehead atoms. The summed E-state index contributed by atoms with van der Waals surface area (Å²) in [5, 5.41) is 2.75. The smallest absolute Gasteiger partial charge is 0.251 e. The van der Waals surface area contributed by atoms with E-state index in [-0.39, 0.29) is 23.2 Å². The summed E-state index contributed by atoms with van der Waals surface area (Å²) < 4.78 is 27.0. The number of nitrogens with one attached hydrogen (secondary N) is 1. The summed E-state index contributed by atoms with van der Waals surface area (Å²) in [6, 6.07) is 4.88. The zero-order valence-electron chi connectivity index (χ0n) is 12.8. The van der Waals surface area contributed by atoms with Crippen LogP contribution in [0.25, 0.3) is 0 Å². The number of hydrogen-bond donors (Lipinski definition) is 2. The minimum atomic E-state index is -3.54. The van der Waals surface area contributed by atoms with E-state index < -0.39 is 10.0 Å². The average Bonchev–Trinajstić information content (AvgIpc) is 2.55. The van der Waals surface area contributed by atoms with E-state index in [1.807, 2.05) is 0 Å². The quantitative estimate of drug-likeness (QED) is 0.833. The molecular weight excluding hydrogens is 338 g/mol. The van der Waals surface area contributed by atoms with E-state index in [1.54, 1.807) is 12.1 Å². The highest BCUT2D eigenvalue weighted by Gasteiger charge is 2.30. The molecule has 23 heavy (non-hydrogen) atoms. The molecule has 3 N–H and O–H groups in total. The van der Waals surface area contributed by atoms with Crippen molar-refractivity contribution in [1.82, 2.24) is 9.62 Å². The van der Waals surface area contributed by atoms with Crippen molar-refractivity contribution in [3.8, 4) is 0 Å². The van der Waals surface area contributed by atoms with Crippen molar-refractivity contribution >= 4 is 28.3 Å². The first-order valence-corrected chi connectivity index (χ1v) is 9.07. The van der Waals surface area contributed by atoms with Crippen LogP contribution in [-0.4, -0.2) is 44.8 Å². The van der Waals surface area contributed by atoms with Gasteiger partial charge in [-0.25, -0.2) is 8.42 Å². The van der Waals surface area contributed by atoms with Gasteiger partial charge in [0.1, 0.15) is 0 Å². The fourth-order valence-corrected chi connectivity index (χ4v) is 4.58. The first-order chi connectivity index (χ1) is 10.5. The number of fused-ring (bicyclic) bond motifs is 1. The normalized spacial score (nSPS) is 19.6. The maximum Gasteiger partial charge on any atom is 0.251 e. The number of nitrogens with two attached hydrogens (primary N) is 1. The summed E-state index contributed by atoms with van der Waals surface area (Å²) in [7, 11) is -3.54. The molecule has 1 saturated heterocycles. The molecule has 0 aromatic heterocycles. The van der Waals surface area contributed by atoms with Gasteiger partial charge >= 0.3 is 0 Å². The Bertz CT molecular complexity index is 685. The van der Waals surface area contributed by atoms with Gasteiger partial charge in [0.25, 0.3) is 5.91 Å². The van der Waals surface area contributed by atoms with Gasteiger partial charge in [-0.3, -0.25) is 4.79 Å². The number of nitrogens with zero attached hydrogens (tertiary/aromatic N) is 1. The molecule has 0 spiro atoms. The van der Waals surface area contributed by atoms with Crippen LogP contribution in [0.15, 0.2) is 23.1 Å². The highest BCUT2D eigenvalue weighted by molar-refractivity contribution is 7.89. The first kappa shape index (κ1) is 18.2. The van der Waals surface area contributed by atoms with Crippen molar-refractivity contribution in [2.45, 2.75) is 24.2 Å². The third kappa shape index (κ3) is 3.52. The van der Waals surface area contributed by atoms with Crippen LogP contribution >= 0.6 is 12.4 Å². The second kappa shape index (κ2) is 7.17. The Kier molecular flexibility index (Phi) is 5.67. The predicted molar refractivity (Wildman–Crippen MR) is 90.3 cm³/mol. The lowest BCUT2D eigenvalue weighted by atomic mass is 9.99. The summed E-state index contributed by atoms with van der Waals surface area (Å²) in [5.41, 5.74) is 7.03. The zero-order chi connectivity index (χ0) is 15.7. The van der Waals surface area contributed by atoms with Gasteiger partial charge in [-0.2, -0.15) is 4.31 Å². The largest absolute Gasteiger partial charge is 0.352 e. The molecular formula is C15H22ClN3O3S. The molecule has 0 unspecified atom stereocenters. The molecule has 0 atom stereocenters. The van der Waals surface area contributed by atoms with E-state index in [0.29, 0.717) is 37.7 Å². The number of halogens is 1. The lowest BCUT2D eigenvalue weighted by Gasteiger charge is -2.30. The number of carbonyl (C=O) groups is 1. The molecule has 3 rings (SSSR count). The predicted octanol–water partition coefficient (Wildman–Crippen LogP) is 0.754. The molecule has 0 radical (unpaired) electrons. The number of sulfonamides is 1. The van der Waals surface area contributed by atoms with E-state index in [0.717, 1.165) is 24.8 Å². The lowest BCUT2D eigenvalue weighted by molar-refractivity contribution is 0.0945. The summed E-state index contributed by atoms with van der Waals surface area (Å²) >= 11 is 0. The molecule has 128 valence electrons. The number of hydrogen-bond acceptors (Lipinski definition) is 4. The van der Waals surface area contributed by atoms with Gasteiger partial charge < -0.3 is 11.1 Å². The van der Waals surface area contributed by atoms with Crippen LogP contribution < -0.4 is 11.1 Å². The van der Waals surface area contributed by atoms with E-state index in [4.69, 9.17) is 5.73 Å². The third-order valence-electron chi connectivity index (χ3n) is 4.55. The van der Waals surface area contributed by atoms with Crippen LogP contribution in [0.3, 0.4) is 0 Å². The van der Waals surface area contributed by atoms with Crippen LogP contribution in [-0.2, 0) is 16.4 Å². The van der Waals surface area contributed by atoms with E-state index in [9.17, 15) is 13.2 Å². The second-order valence-electron chi connectivity index (χ2n) is 5.91. The minimum Gasteiger partial charge on any atom is -0.352 e. The van der Waals surface area contributed by atoms with E-state index in [1.165, 1.54) is 10.4 Å². The molecule has 1 amide bonds. The summed E-state index contributed by atoms with van der Waals surface area (Å²) in [6.45, 7) is 2.19. The molecule has 2 heterocycles. The van der Waals surface area contributed by atoms with Crippen LogP contribution in [0, 0.1) is 5.92 Å². The van der Waals surface area contributed by atoms with Crippen LogP contribution in [0.1, 0.15) is 28.8 Å². The fourth-order valence-electron chi connectivity index (χ4n) is 3.09. The summed E-state index contributed by atoms with van der Waals surface area (Å²) in [5.74, 6) is 0.209. The SMILES string of the molecule is Cl.NCC1CCN(S(=O)(=O)c2ccc3c(c2)C(=O)NCC3)CC1. The molecule has 8 heteroatoms. The molecule has 2 aliphatic heterocycles. The van der Waals surface area contributed by atoms with Crippen LogP contribution in [0.4, 0.5) is 0 Å². The summed E-state index contributed by atoms with van der Waals surface area (Å²) in [6.07, 6.45) is 2.33. The van der Waals surface area contributed by atoms with Crippen molar-refractivity contribution in [2.24, 2.45) is 11.7 Å². The Morgan fingerprint density at radius 2 is 1.96 bits per heavy atom. The Morgan fingerprint density at radius 1 is 1.26 bits per heavy atom. The highest BCUT2D eigenvalue weighted by Crippen LogP contribution is 2.25. The van der Waals surface area contributed by atoms with Gasteiger partial charge in [0, 0.05) is 25.2 Å². The van der Waals surface area contributed by atoms with Crippen molar-refractivity contribution in [3.05, 3.63) is 29.3 Å². The Labute approximate surface area is 142 Å². The number of amides is 1. The van der Waals surface area contributed by atoms with Gasteiger partial charge in [0.2, 0.25) is 10.0 Å². The van der Waals surface area contributed by atoms with Crippen LogP contribution in [0.2, 0.25) is 0 Å². The Balaban J connectivity index is 0.00000192. The molecule has 2 aliphatic rings. The first-order valence-electron chi connectivity index (χ1n) is 7.63. The Morgan fingerprint density at radius 3 is 2.61 bits per heavy atom. The monoisotopic (exact) mass is 359 g/mol. The zero-order valence-corrected chi connectivity index (χ0v) is 14.5. The molecule has 1 aromatic rings. The molecule has 1 fully saturated rings. The topological polar surface area (TPSA) is 92.5 Å². The Hall–Kier alpha value is -1.15. The number of benzene rings is 1. The van der Waals surface area contributed by atoms with Crippen molar-refractivity contribution in [3.63, 3.8) is 0 Å². The maximum atomic E-state index is 12.7. The molecule has 0 saturated carbocycles. The van der Waals surface area contributed by atoms with Crippen LogP contribution in [0.5, 0.6) is 0 Å². The molecule has 1 aromatic carbocycles. The fraction of sp³-hybridized carbons (Fsp3) is 0.533. The van der Waals surface area contributed by atoms with Gasteiger partial charge in [0.15, 0.2) is 0 Å². The number of carbonyl (C=O) groups excluding carboxylic acids is 1. The molecule has 6 nitrogen and oxygen atoms in total. The third-order valence-corrected chi connectivity index (χ3v) is 6.45. The number of rotatable bonds is 3. The van der Waals surface area contributed by atoms with Gasteiger partial charge in [-0.15, -0.1) is 12.4 Å².